The minimum Gasteiger partial charge on any atom is -0.375 e. The van der Waals surface area contributed by atoms with E-state index in [-0.39, 0.29) is 31.0 Å². The van der Waals surface area contributed by atoms with Crippen molar-refractivity contribution in [1.29, 1.82) is 16.1 Å². The Kier molecular flexibility index (Phi) is 5.31. The molecule has 0 aliphatic heterocycles. The van der Waals surface area contributed by atoms with Crippen LogP contribution < -0.4 is 5.49 Å². The molecule has 150 valence electrons. The average Bonchev–Trinajstić information content (AvgIpc) is 3.34. The van der Waals surface area contributed by atoms with Crippen molar-refractivity contribution in [3.63, 3.8) is 0 Å². The molecular weight excluding hydrogens is 352 g/mol. The number of aromatic nitrogens is 3. The van der Waals surface area contributed by atoms with Crippen LogP contribution in [0, 0.1) is 39.9 Å². The highest BCUT2D eigenvalue weighted by atomic mass is 16.5. The lowest BCUT2D eigenvalue weighted by atomic mass is 9.88. The zero-order valence-electron chi connectivity index (χ0n) is 16.3. The molecule has 4 rings (SSSR count). The van der Waals surface area contributed by atoms with Crippen molar-refractivity contribution < 1.29 is 6.16 Å². The Morgan fingerprint density at radius 2 is 2.14 bits per heavy atom. The van der Waals surface area contributed by atoms with Crippen LogP contribution in [0.1, 0.15) is 53.3 Å². The molecule has 2 heterocycles. The maximum Gasteiger partial charge on any atom is 0.154 e. The molecule has 2 aliphatic carbocycles. The maximum absolute atomic E-state index is 9.08. The van der Waals surface area contributed by atoms with Gasteiger partial charge >= 0.3 is 0 Å². The van der Waals surface area contributed by atoms with Crippen LogP contribution >= 0.6 is 0 Å². The molecule has 3 N–H and O–H groups in total. The number of nitriles is 1. The molecular formula is C21H30N6O. The van der Waals surface area contributed by atoms with Gasteiger partial charge in [-0.05, 0) is 50.5 Å². The smallest absolute Gasteiger partial charge is 0.154 e. The van der Waals surface area contributed by atoms with Gasteiger partial charge in [-0.3, -0.25) is 15.4 Å². The molecule has 7 nitrogen and oxygen atoms in total. The number of hydrogen-bond acceptors (Lipinski definition) is 5. The summed E-state index contributed by atoms with van der Waals surface area (Å²) in [5.74, 6) is 1.14. The zero-order chi connectivity index (χ0) is 19.7. The Morgan fingerprint density at radius 3 is 2.86 bits per heavy atom. The van der Waals surface area contributed by atoms with E-state index in [1.807, 2.05) is 6.07 Å². The van der Waals surface area contributed by atoms with Crippen LogP contribution in [0.3, 0.4) is 0 Å². The van der Waals surface area contributed by atoms with Crippen molar-refractivity contribution in [2.45, 2.75) is 64.1 Å². The molecule has 0 aromatic carbocycles. The van der Waals surface area contributed by atoms with Gasteiger partial charge in [-0.25, -0.2) is 4.98 Å². The fourth-order valence-electron chi connectivity index (χ4n) is 4.95. The van der Waals surface area contributed by atoms with E-state index in [1.54, 1.807) is 10.8 Å². The van der Waals surface area contributed by atoms with Crippen LogP contribution in [0.4, 0.5) is 0 Å². The number of H-pyrrole nitrogens is 1. The first-order chi connectivity index (χ1) is 13.6. The number of rotatable bonds is 4. The third-order valence-electron chi connectivity index (χ3n) is 6.51. The van der Waals surface area contributed by atoms with Gasteiger partial charge in [-0.15, -0.1) is 0 Å². The summed E-state index contributed by atoms with van der Waals surface area (Å²) in [5.41, 5.74) is 1.73. The molecule has 28 heavy (non-hydrogen) atoms. The maximum atomic E-state index is 9.08. The number of fused-ring (bicyclic) bond motifs is 1. The van der Waals surface area contributed by atoms with E-state index >= 15 is 0 Å². The quantitative estimate of drug-likeness (QED) is 0.551. The van der Waals surface area contributed by atoms with E-state index in [0.717, 1.165) is 50.5 Å². The molecule has 0 spiro atoms. The highest BCUT2D eigenvalue weighted by Crippen LogP contribution is 2.39. The number of nitrogens with one attached hydrogen (secondary N) is 3. The molecule has 0 saturated heterocycles. The third-order valence-corrected chi connectivity index (χ3v) is 6.51. The molecule has 2 aliphatic rings. The minimum atomic E-state index is 0. The predicted molar refractivity (Wildman–Crippen MR) is 108 cm³/mol. The van der Waals surface area contributed by atoms with Crippen molar-refractivity contribution in [1.82, 2.24) is 14.5 Å². The summed E-state index contributed by atoms with van der Waals surface area (Å²) in [7, 11) is 0. The first-order valence-electron chi connectivity index (χ1n) is 10.3. The summed E-state index contributed by atoms with van der Waals surface area (Å²) in [6, 6.07) is 4.26. The number of hydrogen-bond donors (Lipinski definition) is 3. The summed E-state index contributed by atoms with van der Waals surface area (Å²) in [6.07, 6.45) is 10.3. The van der Waals surface area contributed by atoms with Crippen LogP contribution in [-0.2, 0) is 4.74 Å². The second-order valence-corrected chi connectivity index (χ2v) is 8.18. The Labute approximate surface area is 166 Å². The molecule has 0 amide bonds. The van der Waals surface area contributed by atoms with E-state index in [2.05, 4.69) is 23.0 Å². The van der Waals surface area contributed by atoms with E-state index in [9.17, 15) is 0 Å². The molecule has 2 fully saturated rings. The summed E-state index contributed by atoms with van der Waals surface area (Å²) >= 11 is 0. The second-order valence-electron chi connectivity index (χ2n) is 8.18. The SMILES string of the molecule is CC[C@@H]1C[C@@H](OC2CCC(C#N)CC2)C[C@@H]1C(=N)n1c(=N)cnc2[nH]ccc21.[HH]. The van der Waals surface area contributed by atoms with Gasteiger partial charge in [0, 0.05) is 19.5 Å². The topological polar surface area (TPSA) is 114 Å². The molecule has 3 atom stereocenters. The van der Waals surface area contributed by atoms with Gasteiger partial charge in [0.25, 0.3) is 0 Å². The predicted octanol–water partition coefficient (Wildman–Crippen LogP) is 3.82. The molecule has 7 heteroatoms. The fraction of sp³-hybridized carbons (Fsp3) is 0.619. The standard InChI is InChI=1S/C21H28N6O.H2/c1-2-14-9-16(28-15-5-3-13(11-22)4-6-15)10-17(14)20(24)27-18-7-8-25-21(18)26-12-19(27)23;/h7-8,12-17,23-25H,2-6,9-10H2,1H3;1H/t13?,14-,15?,16-,17+;/m1./s1. The monoisotopic (exact) mass is 382 g/mol. The van der Waals surface area contributed by atoms with Crippen LogP contribution in [0.15, 0.2) is 18.5 Å². The van der Waals surface area contributed by atoms with Gasteiger partial charge < -0.3 is 9.72 Å². The lowest BCUT2D eigenvalue weighted by Gasteiger charge is -2.27. The van der Waals surface area contributed by atoms with Crippen LogP contribution in [0.5, 0.6) is 0 Å². The van der Waals surface area contributed by atoms with Gasteiger partial charge in [-0.2, -0.15) is 5.26 Å². The highest BCUT2D eigenvalue weighted by molar-refractivity contribution is 5.91. The Hall–Kier alpha value is -2.46. The van der Waals surface area contributed by atoms with Gasteiger partial charge in [0.15, 0.2) is 5.65 Å². The van der Waals surface area contributed by atoms with Crippen LogP contribution in [0.2, 0.25) is 0 Å². The molecule has 2 saturated carbocycles. The lowest BCUT2D eigenvalue weighted by Crippen LogP contribution is -2.34. The summed E-state index contributed by atoms with van der Waals surface area (Å²) in [5, 5.41) is 26.3. The van der Waals surface area contributed by atoms with Crippen LogP contribution in [-0.4, -0.2) is 32.6 Å². The summed E-state index contributed by atoms with van der Waals surface area (Å²) in [6.45, 7) is 2.18. The Bertz CT molecular complexity index is 952. The van der Waals surface area contributed by atoms with Gasteiger partial charge in [0.1, 0.15) is 11.3 Å². The minimum absolute atomic E-state index is 0. The van der Waals surface area contributed by atoms with Gasteiger partial charge in [0.2, 0.25) is 0 Å². The zero-order valence-corrected chi connectivity index (χ0v) is 16.3. The normalized spacial score (nSPS) is 30.4. The van der Waals surface area contributed by atoms with Crippen LogP contribution in [0.25, 0.3) is 11.2 Å². The van der Waals surface area contributed by atoms with Crippen molar-refractivity contribution in [3.05, 3.63) is 23.9 Å². The first kappa shape index (κ1) is 18.9. The van der Waals surface area contributed by atoms with Crippen molar-refractivity contribution in [3.8, 4) is 6.07 Å². The fourth-order valence-corrected chi connectivity index (χ4v) is 4.95. The first-order valence-corrected chi connectivity index (χ1v) is 10.3. The van der Waals surface area contributed by atoms with E-state index in [1.165, 1.54) is 6.20 Å². The molecule has 2 aromatic rings. The second kappa shape index (κ2) is 7.88. The van der Waals surface area contributed by atoms with E-state index < -0.39 is 0 Å². The number of nitrogens with zero attached hydrogens (tertiary/aromatic N) is 3. The molecule has 0 bridgehead atoms. The van der Waals surface area contributed by atoms with Crippen molar-refractivity contribution in [2.75, 3.05) is 0 Å². The average molecular weight is 383 g/mol. The highest BCUT2D eigenvalue weighted by Gasteiger charge is 2.38. The van der Waals surface area contributed by atoms with E-state index in [4.69, 9.17) is 20.8 Å². The third kappa shape index (κ3) is 3.49. The molecule has 0 radical (unpaired) electrons. The Morgan fingerprint density at radius 1 is 1.36 bits per heavy atom. The largest absolute Gasteiger partial charge is 0.375 e. The molecule has 2 aromatic heterocycles. The van der Waals surface area contributed by atoms with E-state index in [0.29, 0.717) is 17.4 Å². The van der Waals surface area contributed by atoms with Gasteiger partial charge in [-0.1, -0.05) is 13.3 Å². The number of aromatic amines is 1. The van der Waals surface area contributed by atoms with Gasteiger partial charge in [0.05, 0.1) is 30.0 Å². The summed E-state index contributed by atoms with van der Waals surface area (Å²) in [4.78, 5) is 7.32. The Balaban J connectivity index is 0.00000240. The van der Waals surface area contributed by atoms with Crippen molar-refractivity contribution in [2.24, 2.45) is 17.8 Å². The number of ether oxygens (including phenoxy) is 1. The lowest BCUT2D eigenvalue weighted by molar-refractivity contribution is -0.0319. The summed E-state index contributed by atoms with van der Waals surface area (Å²) < 4.78 is 8.13. The van der Waals surface area contributed by atoms with Crippen molar-refractivity contribution >= 4 is 17.0 Å². The molecule has 0 unspecified atom stereocenters.